The van der Waals surface area contributed by atoms with E-state index in [4.69, 9.17) is 0 Å². The van der Waals surface area contributed by atoms with E-state index in [-0.39, 0.29) is 12.3 Å². The number of para-hydroxylation sites is 1. The second-order valence-corrected chi connectivity index (χ2v) is 5.97. The lowest BCUT2D eigenvalue weighted by Gasteiger charge is -2.33. The topological polar surface area (TPSA) is 42.2 Å². The van der Waals surface area contributed by atoms with Gasteiger partial charge in [-0.05, 0) is 43.2 Å². The van der Waals surface area contributed by atoms with E-state index in [1.807, 2.05) is 12.1 Å². The van der Waals surface area contributed by atoms with Crippen LogP contribution < -0.4 is 0 Å². The number of hydrogen-bond acceptors (Lipinski definition) is 1. The molecule has 1 heterocycles. The predicted molar refractivity (Wildman–Crippen MR) is 80.0 cm³/mol. The number of nitrogens with zero attached hydrogens (tertiary/aromatic N) is 1. The number of aliphatic carboxylic acids is 1. The maximum Gasteiger partial charge on any atom is 0.303 e. The van der Waals surface area contributed by atoms with Crippen molar-refractivity contribution in [2.24, 2.45) is 13.0 Å². The molecule has 3 rings (SSSR count). The van der Waals surface area contributed by atoms with Crippen LogP contribution >= 0.6 is 0 Å². The molecule has 0 aliphatic heterocycles. The molecule has 1 saturated carbocycles. The van der Waals surface area contributed by atoms with Crippen LogP contribution in [0.15, 0.2) is 24.3 Å². The smallest absolute Gasteiger partial charge is 0.303 e. The number of rotatable bonds is 4. The van der Waals surface area contributed by atoms with Crippen LogP contribution in [0.5, 0.6) is 0 Å². The Morgan fingerprint density at radius 3 is 2.70 bits per heavy atom. The van der Waals surface area contributed by atoms with Crippen LogP contribution in [0.3, 0.4) is 0 Å². The molecule has 2 aromatic rings. The first-order valence-corrected chi connectivity index (χ1v) is 7.35. The Hall–Kier alpha value is -1.77. The Labute approximate surface area is 119 Å². The molecule has 1 aliphatic carbocycles. The van der Waals surface area contributed by atoms with E-state index in [9.17, 15) is 9.90 Å². The third kappa shape index (κ3) is 2.01. The molecule has 3 nitrogen and oxygen atoms in total. The fraction of sp³-hybridized carbons (Fsp3) is 0.471. The number of carboxylic acid groups (broad SMARTS) is 1. The Morgan fingerprint density at radius 1 is 1.40 bits per heavy atom. The molecular formula is C17H21NO2. The highest BCUT2D eigenvalue weighted by molar-refractivity contribution is 5.86. The summed E-state index contributed by atoms with van der Waals surface area (Å²) in [7, 11) is 2.07. The molecule has 0 radical (unpaired) electrons. The Bertz CT molecular complexity index is 652. The first-order chi connectivity index (χ1) is 9.59. The molecule has 1 N–H and O–H groups in total. The normalized spacial score (nSPS) is 17.1. The van der Waals surface area contributed by atoms with Crippen molar-refractivity contribution in [3.63, 3.8) is 0 Å². The van der Waals surface area contributed by atoms with Gasteiger partial charge in [0.25, 0.3) is 0 Å². The van der Waals surface area contributed by atoms with Gasteiger partial charge in [0.05, 0.1) is 6.42 Å². The van der Waals surface area contributed by atoms with E-state index in [0.717, 1.165) is 0 Å². The summed E-state index contributed by atoms with van der Waals surface area (Å²) in [6, 6.07) is 8.33. The summed E-state index contributed by atoms with van der Waals surface area (Å²) in [5.74, 6) is 0.0113. The summed E-state index contributed by atoms with van der Waals surface area (Å²) in [4.78, 5) is 11.3. The first kappa shape index (κ1) is 13.2. The zero-order valence-electron chi connectivity index (χ0n) is 12.1. The van der Waals surface area contributed by atoms with Crippen molar-refractivity contribution >= 4 is 16.9 Å². The lowest BCUT2D eigenvalue weighted by Crippen LogP contribution is -2.23. The van der Waals surface area contributed by atoms with E-state index in [0.29, 0.717) is 5.92 Å². The lowest BCUT2D eigenvalue weighted by molar-refractivity contribution is -0.138. The minimum absolute atomic E-state index is 0.160. The molecule has 1 aromatic heterocycles. The Morgan fingerprint density at radius 2 is 2.10 bits per heavy atom. The van der Waals surface area contributed by atoms with Gasteiger partial charge in [-0.1, -0.05) is 24.6 Å². The molecule has 1 unspecified atom stereocenters. The molecule has 0 bridgehead atoms. The van der Waals surface area contributed by atoms with E-state index in [2.05, 4.69) is 30.7 Å². The van der Waals surface area contributed by atoms with Gasteiger partial charge in [-0.15, -0.1) is 0 Å². The van der Waals surface area contributed by atoms with Gasteiger partial charge < -0.3 is 9.67 Å². The van der Waals surface area contributed by atoms with Crippen molar-refractivity contribution in [1.29, 1.82) is 0 Å². The Kier molecular flexibility index (Phi) is 3.28. The molecule has 106 valence electrons. The minimum Gasteiger partial charge on any atom is -0.481 e. The van der Waals surface area contributed by atoms with Crippen molar-refractivity contribution < 1.29 is 9.90 Å². The zero-order valence-corrected chi connectivity index (χ0v) is 12.1. The third-order valence-corrected chi connectivity index (χ3v) is 4.93. The summed E-state index contributed by atoms with van der Waals surface area (Å²) >= 11 is 0. The van der Waals surface area contributed by atoms with Gasteiger partial charge >= 0.3 is 5.97 Å². The number of fused-ring (bicyclic) bond motifs is 1. The minimum atomic E-state index is -0.686. The standard InChI is InChI=1S/C17H21NO2/c1-11-17(13-8-3-4-9-15(13)18(11)2)14(10-16(19)20)12-6-5-7-12/h3-4,8-9,12,14H,5-7,10H2,1-2H3,(H,19,20). The summed E-state index contributed by atoms with van der Waals surface area (Å²) in [5.41, 5.74) is 3.68. The highest BCUT2D eigenvalue weighted by atomic mass is 16.4. The molecule has 1 aliphatic rings. The summed E-state index contributed by atoms with van der Waals surface area (Å²) in [6.45, 7) is 2.11. The van der Waals surface area contributed by atoms with Crippen LogP contribution in [0.1, 0.15) is 42.9 Å². The molecule has 1 aromatic carbocycles. The highest BCUT2D eigenvalue weighted by Crippen LogP contribution is 2.45. The van der Waals surface area contributed by atoms with Crippen LogP contribution in [0.4, 0.5) is 0 Å². The fourth-order valence-electron chi connectivity index (χ4n) is 3.55. The molecule has 20 heavy (non-hydrogen) atoms. The summed E-state index contributed by atoms with van der Waals surface area (Å²) in [6.07, 6.45) is 3.82. The second kappa shape index (κ2) is 4.97. The van der Waals surface area contributed by atoms with Gasteiger partial charge in [0.2, 0.25) is 0 Å². The molecule has 1 atom stereocenters. The van der Waals surface area contributed by atoms with Crippen molar-refractivity contribution in [3.05, 3.63) is 35.5 Å². The first-order valence-electron chi connectivity index (χ1n) is 7.35. The molecule has 0 amide bonds. The molecule has 1 fully saturated rings. The highest BCUT2D eigenvalue weighted by Gasteiger charge is 2.33. The van der Waals surface area contributed by atoms with Crippen LogP contribution in [0, 0.1) is 12.8 Å². The van der Waals surface area contributed by atoms with Crippen LogP contribution in [0.2, 0.25) is 0 Å². The number of carboxylic acids is 1. The number of hydrogen-bond donors (Lipinski definition) is 1. The maximum absolute atomic E-state index is 11.3. The van der Waals surface area contributed by atoms with Crippen molar-refractivity contribution in [1.82, 2.24) is 4.57 Å². The Balaban J connectivity index is 2.14. The van der Waals surface area contributed by atoms with E-state index >= 15 is 0 Å². The van der Waals surface area contributed by atoms with Gasteiger partial charge in [0.1, 0.15) is 0 Å². The zero-order chi connectivity index (χ0) is 14.3. The average Bonchev–Trinajstić information content (AvgIpc) is 2.59. The van der Waals surface area contributed by atoms with Gasteiger partial charge in [0, 0.05) is 23.6 Å². The number of benzene rings is 1. The third-order valence-electron chi connectivity index (χ3n) is 4.93. The van der Waals surface area contributed by atoms with Gasteiger partial charge in [-0.2, -0.15) is 0 Å². The van der Waals surface area contributed by atoms with E-state index in [1.54, 1.807) is 0 Å². The number of aryl methyl sites for hydroxylation is 1. The van der Waals surface area contributed by atoms with E-state index in [1.165, 1.54) is 41.4 Å². The molecule has 0 spiro atoms. The average molecular weight is 271 g/mol. The predicted octanol–water partition coefficient (Wildman–Crippen LogP) is 3.85. The van der Waals surface area contributed by atoms with Crippen molar-refractivity contribution in [3.8, 4) is 0 Å². The SMILES string of the molecule is Cc1c(C(CC(=O)O)C2CCC2)c2ccccc2n1C. The van der Waals surface area contributed by atoms with E-state index < -0.39 is 5.97 Å². The maximum atomic E-state index is 11.3. The number of aromatic nitrogens is 1. The number of carbonyl (C=O) groups is 1. The molecule has 0 saturated heterocycles. The lowest BCUT2D eigenvalue weighted by atomic mass is 9.71. The van der Waals surface area contributed by atoms with Crippen molar-refractivity contribution in [2.45, 2.75) is 38.5 Å². The largest absolute Gasteiger partial charge is 0.481 e. The van der Waals surface area contributed by atoms with Crippen LogP contribution in [-0.2, 0) is 11.8 Å². The van der Waals surface area contributed by atoms with Crippen molar-refractivity contribution in [2.75, 3.05) is 0 Å². The summed E-state index contributed by atoms with van der Waals surface area (Å²) in [5, 5.41) is 10.5. The van der Waals surface area contributed by atoms with Crippen LogP contribution in [0.25, 0.3) is 10.9 Å². The van der Waals surface area contributed by atoms with Gasteiger partial charge in [-0.25, -0.2) is 0 Å². The quantitative estimate of drug-likeness (QED) is 0.918. The molecular weight excluding hydrogens is 250 g/mol. The summed E-state index contributed by atoms with van der Waals surface area (Å²) < 4.78 is 2.19. The van der Waals surface area contributed by atoms with Gasteiger partial charge in [0.15, 0.2) is 0 Å². The molecule has 3 heteroatoms. The van der Waals surface area contributed by atoms with Gasteiger partial charge in [-0.3, -0.25) is 4.79 Å². The second-order valence-electron chi connectivity index (χ2n) is 5.97. The van der Waals surface area contributed by atoms with Crippen LogP contribution in [-0.4, -0.2) is 15.6 Å². The fourth-order valence-corrected chi connectivity index (χ4v) is 3.55. The monoisotopic (exact) mass is 271 g/mol.